The molecule has 0 spiro atoms. The molecule has 1 heterocycles. The minimum atomic E-state index is -4.35. The molecule has 0 amide bonds. The zero-order valence-electron chi connectivity index (χ0n) is 12.1. The first-order chi connectivity index (χ1) is 9.52. The van der Waals surface area contributed by atoms with Gasteiger partial charge in [-0.05, 0) is 6.42 Å². The highest BCUT2D eigenvalue weighted by Crippen LogP contribution is 2.24. The van der Waals surface area contributed by atoms with E-state index in [4.69, 9.17) is 5.11 Å². The second-order valence-corrected chi connectivity index (χ2v) is 5.59. The number of aromatic carboxylic acids is 1. The Balaban J connectivity index is 2.66. The second kappa shape index (κ2) is 6.42. The third kappa shape index (κ3) is 5.33. The molecule has 0 fully saturated rings. The smallest absolute Gasteiger partial charge is 0.411 e. The molecule has 9 heteroatoms. The molecular formula is C12H18F3N3O3. The fraction of sp³-hybridized carbons (Fsp3) is 0.750. The average Bonchev–Trinajstić information content (AvgIpc) is 2.70. The van der Waals surface area contributed by atoms with Crippen LogP contribution < -0.4 is 0 Å². The fourth-order valence-corrected chi connectivity index (χ4v) is 1.86. The number of hydrogen-bond donors (Lipinski definition) is 1. The summed E-state index contributed by atoms with van der Waals surface area (Å²) < 4.78 is 41.6. The lowest BCUT2D eigenvalue weighted by molar-refractivity contribution is -0.174. The van der Waals surface area contributed by atoms with E-state index in [0.29, 0.717) is 5.69 Å². The Labute approximate surface area is 119 Å². The summed E-state index contributed by atoms with van der Waals surface area (Å²) in [6.45, 7) is 4.30. The molecule has 1 N–H and O–H groups in total. The van der Waals surface area contributed by atoms with Crippen LogP contribution in [0.25, 0.3) is 0 Å². The quantitative estimate of drug-likeness (QED) is 0.815. The molecule has 0 aliphatic heterocycles. The number of ether oxygens (including phenoxy) is 1. The van der Waals surface area contributed by atoms with Crippen LogP contribution >= 0.6 is 0 Å². The van der Waals surface area contributed by atoms with Crippen LogP contribution in [0.2, 0.25) is 0 Å². The number of nitrogens with zero attached hydrogens (tertiary/aromatic N) is 3. The van der Waals surface area contributed by atoms with Gasteiger partial charge in [-0.2, -0.15) is 13.2 Å². The number of carboxylic acids is 1. The Kier molecular flexibility index (Phi) is 5.32. The van der Waals surface area contributed by atoms with Gasteiger partial charge in [0, 0.05) is 18.6 Å². The van der Waals surface area contributed by atoms with E-state index in [-0.39, 0.29) is 25.3 Å². The van der Waals surface area contributed by atoms with Crippen LogP contribution in [0.5, 0.6) is 0 Å². The molecule has 0 aliphatic rings. The lowest BCUT2D eigenvalue weighted by Crippen LogP contribution is -2.23. The summed E-state index contributed by atoms with van der Waals surface area (Å²) in [6.07, 6.45) is -4.07. The summed E-state index contributed by atoms with van der Waals surface area (Å²) in [7, 11) is 0. The van der Waals surface area contributed by atoms with Crippen molar-refractivity contribution in [3.63, 3.8) is 0 Å². The van der Waals surface area contributed by atoms with Crippen LogP contribution in [0.3, 0.4) is 0 Å². The van der Waals surface area contributed by atoms with Crippen molar-refractivity contribution in [2.24, 2.45) is 0 Å². The molecule has 21 heavy (non-hydrogen) atoms. The highest BCUT2D eigenvalue weighted by atomic mass is 19.4. The van der Waals surface area contributed by atoms with Crippen LogP contribution in [-0.4, -0.2) is 45.5 Å². The summed E-state index contributed by atoms with van der Waals surface area (Å²) in [6, 6.07) is 0. The molecular weight excluding hydrogens is 291 g/mol. The molecule has 0 aromatic carbocycles. The van der Waals surface area contributed by atoms with Gasteiger partial charge in [0.1, 0.15) is 6.61 Å². The number of aryl methyl sites for hydroxylation is 1. The fourth-order valence-electron chi connectivity index (χ4n) is 1.86. The van der Waals surface area contributed by atoms with Crippen molar-refractivity contribution in [2.45, 2.75) is 45.3 Å². The first-order valence-electron chi connectivity index (χ1n) is 6.34. The Morgan fingerprint density at radius 2 is 1.95 bits per heavy atom. The summed E-state index contributed by atoms with van der Waals surface area (Å²) in [5, 5.41) is 16.4. The van der Waals surface area contributed by atoms with Gasteiger partial charge in [-0.3, -0.25) is 0 Å². The van der Waals surface area contributed by atoms with Gasteiger partial charge in [0.05, 0.1) is 5.69 Å². The van der Waals surface area contributed by atoms with Crippen LogP contribution in [0, 0.1) is 0 Å². The van der Waals surface area contributed by atoms with Crippen molar-refractivity contribution < 1.29 is 27.8 Å². The Bertz CT molecular complexity index is 492. The van der Waals surface area contributed by atoms with E-state index in [1.165, 1.54) is 4.68 Å². The van der Waals surface area contributed by atoms with E-state index >= 15 is 0 Å². The minimum Gasteiger partial charge on any atom is -0.476 e. The molecule has 1 aromatic rings. The Hall–Kier alpha value is -1.64. The van der Waals surface area contributed by atoms with Crippen LogP contribution in [-0.2, 0) is 16.7 Å². The molecule has 6 nitrogen and oxygen atoms in total. The summed E-state index contributed by atoms with van der Waals surface area (Å²) >= 11 is 0. The summed E-state index contributed by atoms with van der Waals surface area (Å²) in [4.78, 5) is 11.1. The molecule has 120 valence electrons. The van der Waals surface area contributed by atoms with Crippen molar-refractivity contribution in [1.29, 1.82) is 0 Å². The van der Waals surface area contributed by atoms with Crippen LogP contribution in [0.15, 0.2) is 0 Å². The number of carbonyl (C=O) groups is 1. The number of carboxylic acid groups (broad SMARTS) is 1. The molecule has 0 bridgehead atoms. The third-order valence-electron chi connectivity index (χ3n) is 2.57. The van der Waals surface area contributed by atoms with Gasteiger partial charge in [0.15, 0.2) is 5.69 Å². The Morgan fingerprint density at radius 1 is 1.33 bits per heavy atom. The van der Waals surface area contributed by atoms with Gasteiger partial charge in [-0.25, -0.2) is 9.48 Å². The van der Waals surface area contributed by atoms with E-state index in [1.54, 1.807) is 0 Å². The Morgan fingerprint density at radius 3 is 2.43 bits per heavy atom. The molecule has 0 unspecified atom stereocenters. The maximum absolute atomic E-state index is 11.9. The SMILES string of the molecule is CC(C)(C)c1c(C(=O)O)nnn1CCCOCC(F)(F)F. The van der Waals surface area contributed by atoms with Crippen molar-refractivity contribution in [2.75, 3.05) is 13.2 Å². The largest absolute Gasteiger partial charge is 0.476 e. The molecule has 1 aromatic heterocycles. The van der Waals surface area contributed by atoms with E-state index in [9.17, 15) is 18.0 Å². The van der Waals surface area contributed by atoms with Gasteiger partial charge in [-0.15, -0.1) is 5.10 Å². The van der Waals surface area contributed by atoms with E-state index in [0.717, 1.165) is 0 Å². The third-order valence-corrected chi connectivity index (χ3v) is 2.57. The summed E-state index contributed by atoms with van der Waals surface area (Å²) in [5.41, 5.74) is -0.200. The lowest BCUT2D eigenvalue weighted by Gasteiger charge is -2.20. The van der Waals surface area contributed by atoms with E-state index < -0.39 is 24.2 Å². The molecule has 0 saturated heterocycles. The normalized spacial score (nSPS) is 12.7. The lowest BCUT2D eigenvalue weighted by atomic mass is 9.90. The highest BCUT2D eigenvalue weighted by molar-refractivity contribution is 5.86. The predicted octanol–water partition coefficient (Wildman–Crippen LogP) is 2.24. The molecule has 0 saturated carbocycles. The zero-order valence-corrected chi connectivity index (χ0v) is 12.1. The predicted molar refractivity (Wildman–Crippen MR) is 67.2 cm³/mol. The van der Waals surface area contributed by atoms with Gasteiger partial charge in [0.25, 0.3) is 0 Å². The first kappa shape index (κ1) is 17.4. The van der Waals surface area contributed by atoms with Gasteiger partial charge >= 0.3 is 12.1 Å². The summed E-state index contributed by atoms with van der Waals surface area (Å²) in [5.74, 6) is -1.18. The average molecular weight is 309 g/mol. The highest BCUT2D eigenvalue weighted by Gasteiger charge is 2.29. The maximum atomic E-state index is 11.9. The van der Waals surface area contributed by atoms with Crippen LogP contribution in [0.1, 0.15) is 43.4 Å². The second-order valence-electron chi connectivity index (χ2n) is 5.59. The molecule has 1 rings (SSSR count). The minimum absolute atomic E-state index is 0.0919. The van der Waals surface area contributed by atoms with Gasteiger partial charge < -0.3 is 9.84 Å². The maximum Gasteiger partial charge on any atom is 0.411 e. The van der Waals surface area contributed by atoms with E-state index in [1.807, 2.05) is 20.8 Å². The van der Waals surface area contributed by atoms with E-state index in [2.05, 4.69) is 15.0 Å². The van der Waals surface area contributed by atoms with Crippen molar-refractivity contribution in [3.8, 4) is 0 Å². The van der Waals surface area contributed by atoms with Crippen molar-refractivity contribution in [1.82, 2.24) is 15.0 Å². The monoisotopic (exact) mass is 309 g/mol. The van der Waals surface area contributed by atoms with Crippen molar-refractivity contribution >= 4 is 5.97 Å². The number of rotatable bonds is 6. The van der Waals surface area contributed by atoms with Gasteiger partial charge in [0.2, 0.25) is 0 Å². The number of aromatic nitrogens is 3. The van der Waals surface area contributed by atoms with Gasteiger partial charge in [-0.1, -0.05) is 26.0 Å². The van der Waals surface area contributed by atoms with Crippen LogP contribution in [0.4, 0.5) is 13.2 Å². The number of alkyl halides is 3. The number of halogens is 3. The molecule has 0 atom stereocenters. The molecule has 0 aliphatic carbocycles. The first-order valence-corrected chi connectivity index (χ1v) is 6.34. The standard InChI is InChI=1S/C12H18F3N3O3/c1-11(2,3)9-8(10(19)20)16-17-18(9)5-4-6-21-7-12(13,14)15/h4-7H2,1-3H3,(H,19,20). The zero-order chi connectivity index (χ0) is 16.3. The molecule has 0 radical (unpaired) electrons. The number of hydrogen-bond acceptors (Lipinski definition) is 4. The topological polar surface area (TPSA) is 77.2 Å². The van der Waals surface area contributed by atoms with Crippen molar-refractivity contribution in [3.05, 3.63) is 11.4 Å².